The molecule has 1 aliphatic rings. The molecule has 0 radical (unpaired) electrons. The molecule has 0 saturated carbocycles. The molecule has 0 aliphatic carbocycles. The molecular weight excluding hydrogens is 320 g/mol. The maximum Gasteiger partial charge on any atom is 0.0649 e. The highest BCUT2D eigenvalue weighted by Crippen LogP contribution is 2.20. The van der Waals surface area contributed by atoms with Crippen molar-refractivity contribution in [3.8, 4) is 5.69 Å². The second-order valence-electron chi connectivity index (χ2n) is 6.72. The first-order valence-electron chi connectivity index (χ1n) is 8.82. The number of nitrogens with zero attached hydrogens (tertiary/aromatic N) is 3. The summed E-state index contributed by atoms with van der Waals surface area (Å²) in [5.41, 5.74) is 4.65. The van der Waals surface area contributed by atoms with E-state index in [4.69, 9.17) is 16.7 Å². The van der Waals surface area contributed by atoms with E-state index in [2.05, 4.69) is 31.0 Å². The predicted molar refractivity (Wildman–Crippen MR) is 100.0 cm³/mol. The molecule has 1 unspecified atom stereocenters. The molecule has 1 aliphatic heterocycles. The molecule has 0 amide bonds. The molecule has 1 saturated heterocycles. The highest BCUT2D eigenvalue weighted by atomic mass is 35.5. The van der Waals surface area contributed by atoms with Crippen LogP contribution in [-0.2, 0) is 6.54 Å². The fraction of sp³-hybridized carbons (Fsp3) is 0.526. The number of nitrogens with one attached hydrogen (secondary N) is 1. The summed E-state index contributed by atoms with van der Waals surface area (Å²) in [4.78, 5) is 2.53. The Balaban J connectivity index is 1.63. The van der Waals surface area contributed by atoms with E-state index in [9.17, 15) is 0 Å². The monoisotopic (exact) mass is 346 g/mol. The summed E-state index contributed by atoms with van der Waals surface area (Å²) in [6.45, 7) is 12.1. The summed E-state index contributed by atoms with van der Waals surface area (Å²) < 4.78 is 2.01. The SMILES string of the molecule is CCN1CCC(CNCc2c(C)nn(-c3ccc(Cl)cc3)c2C)C1. The van der Waals surface area contributed by atoms with Crippen LogP contribution in [0.1, 0.15) is 30.3 Å². The van der Waals surface area contributed by atoms with Gasteiger partial charge in [-0.3, -0.25) is 0 Å². The van der Waals surface area contributed by atoms with Gasteiger partial charge in [-0.2, -0.15) is 5.10 Å². The fourth-order valence-corrected chi connectivity index (χ4v) is 3.66. The van der Waals surface area contributed by atoms with E-state index in [-0.39, 0.29) is 0 Å². The predicted octanol–water partition coefficient (Wildman–Crippen LogP) is 3.57. The summed E-state index contributed by atoms with van der Waals surface area (Å²) in [6.07, 6.45) is 1.31. The Morgan fingerprint density at radius 3 is 2.67 bits per heavy atom. The van der Waals surface area contributed by atoms with E-state index >= 15 is 0 Å². The molecule has 0 spiro atoms. The lowest BCUT2D eigenvalue weighted by atomic mass is 10.1. The first-order chi connectivity index (χ1) is 11.6. The lowest BCUT2D eigenvalue weighted by molar-refractivity contribution is 0.339. The number of aryl methyl sites for hydroxylation is 1. The molecule has 0 bridgehead atoms. The second kappa shape index (κ2) is 7.68. The molecule has 1 N–H and O–H groups in total. The Morgan fingerprint density at radius 2 is 2.00 bits per heavy atom. The van der Waals surface area contributed by atoms with Gasteiger partial charge in [-0.05, 0) is 70.1 Å². The van der Waals surface area contributed by atoms with E-state index in [1.165, 1.54) is 37.3 Å². The van der Waals surface area contributed by atoms with Gasteiger partial charge in [0.2, 0.25) is 0 Å². The van der Waals surface area contributed by atoms with Crippen molar-refractivity contribution in [2.75, 3.05) is 26.2 Å². The van der Waals surface area contributed by atoms with Gasteiger partial charge in [0.05, 0.1) is 11.4 Å². The van der Waals surface area contributed by atoms with Crippen molar-refractivity contribution >= 4 is 11.6 Å². The summed E-state index contributed by atoms with van der Waals surface area (Å²) in [6, 6.07) is 7.84. The van der Waals surface area contributed by atoms with Crippen LogP contribution in [0.15, 0.2) is 24.3 Å². The van der Waals surface area contributed by atoms with Gasteiger partial charge in [-0.15, -0.1) is 0 Å². The zero-order valence-electron chi connectivity index (χ0n) is 14.8. The van der Waals surface area contributed by atoms with Crippen LogP contribution in [0.2, 0.25) is 5.02 Å². The number of likely N-dealkylation sites (tertiary alicyclic amines) is 1. The molecular formula is C19H27ClN4. The van der Waals surface area contributed by atoms with Crippen molar-refractivity contribution in [2.45, 2.75) is 33.7 Å². The minimum absolute atomic E-state index is 0.750. The summed E-state index contributed by atoms with van der Waals surface area (Å²) in [7, 11) is 0. The maximum absolute atomic E-state index is 5.98. The first kappa shape index (κ1) is 17.5. The molecule has 1 atom stereocenters. The third kappa shape index (κ3) is 3.82. The molecule has 1 fully saturated rings. The normalized spacial score (nSPS) is 18.4. The van der Waals surface area contributed by atoms with Crippen LogP contribution in [0.5, 0.6) is 0 Å². The largest absolute Gasteiger partial charge is 0.312 e. The summed E-state index contributed by atoms with van der Waals surface area (Å²) >= 11 is 5.98. The zero-order valence-corrected chi connectivity index (χ0v) is 15.6. The minimum atomic E-state index is 0.750. The topological polar surface area (TPSA) is 33.1 Å². The van der Waals surface area contributed by atoms with Crippen molar-refractivity contribution in [1.29, 1.82) is 0 Å². The zero-order chi connectivity index (χ0) is 17.1. The Hall–Kier alpha value is -1.36. The van der Waals surface area contributed by atoms with Gasteiger partial charge < -0.3 is 10.2 Å². The molecule has 3 rings (SSSR count). The van der Waals surface area contributed by atoms with Crippen LogP contribution in [0.25, 0.3) is 5.69 Å². The third-order valence-corrected chi connectivity index (χ3v) is 5.32. The Morgan fingerprint density at radius 1 is 1.25 bits per heavy atom. The van der Waals surface area contributed by atoms with Crippen molar-refractivity contribution in [1.82, 2.24) is 20.0 Å². The average Bonchev–Trinajstić information content (AvgIpc) is 3.15. The van der Waals surface area contributed by atoms with E-state index in [0.717, 1.165) is 35.4 Å². The smallest absolute Gasteiger partial charge is 0.0649 e. The Kier molecular flexibility index (Phi) is 5.59. The van der Waals surface area contributed by atoms with Gasteiger partial charge >= 0.3 is 0 Å². The molecule has 2 heterocycles. The number of rotatable bonds is 6. The molecule has 130 valence electrons. The van der Waals surface area contributed by atoms with Gasteiger partial charge in [-0.1, -0.05) is 18.5 Å². The number of hydrogen-bond acceptors (Lipinski definition) is 3. The average molecular weight is 347 g/mol. The van der Waals surface area contributed by atoms with Crippen molar-refractivity contribution < 1.29 is 0 Å². The van der Waals surface area contributed by atoms with Gasteiger partial charge in [-0.25, -0.2) is 4.68 Å². The number of halogens is 1. The van der Waals surface area contributed by atoms with E-state index in [0.29, 0.717) is 0 Å². The highest BCUT2D eigenvalue weighted by Gasteiger charge is 2.21. The van der Waals surface area contributed by atoms with Gasteiger partial charge in [0.15, 0.2) is 0 Å². The van der Waals surface area contributed by atoms with Gasteiger partial charge in [0.25, 0.3) is 0 Å². The van der Waals surface area contributed by atoms with Crippen molar-refractivity contribution in [2.24, 2.45) is 5.92 Å². The van der Waals surface area contributed by atoms with Crippen molar-refractivity contribution in [3.05, 3.63) is 46.2 Å². The molecule has 24 heavy (non-hydrogen) atoms. The van der Waals surface area contributed by atoms with Gasteiger partial charge in [0, 0.05) is 29.4 Å². The standard InChI is InChI=1S/C19H27ClN4/c1-4-23-10-9-16(13-23)11-21-12-19-14(2)22-24(15(19)3)18-7-5-17(20)6-8-18/h5-8,16,21H,4,9-13H2,1-3H3. The second-order valence-corrected chi connectivity index (χ2v) is 7.15. The lowest BCUT2D eigenvalue weighted by Crippen LogP contribution is -2.26. The summed E-state index contributed by atoms with van der Waals surface area (Å²) in [5.74, 6) is 0.775. The van der Waals surface area contributed by atoms with Crippen LogP contribution >= 0.6 is 11.6 Å². The summed E-state index contributed by atoms with van der Waals surface area (Å²) in [5, 5.41) is 9.10. The highest BCUT2D eigenvalue weighted by molar-refractivity contribution is 6.30. The molecule has 1 aromatic heterocycles. The van der Waals surface area contributed by atoms with Crippen LogP contribution in [0.4, 0.5) is 0 Å². The number of hydrogen-bond donors (Lipinski definition) is 1. The third-order valence-electron chi connectivity index (χ3n) is 5.06. The van der Waals surface area contributed by atoms with Crippen LogP contribution in [0, 0.1) is 19.8 Å². The number of benzene rings is 1. The van der Waals surface area contributed by atoms with Crippen molar-refractivity contribution in [3.63, 3.8) is 0 Å². The quantitative estimate of drug-likeness (QED) is 0.868. The Labute approximate surface area is 149 Å². The lowest BCUT2D eigenvalue weighted by Gasteiger charge is -2.14. The molecule has 4 nitrogen and oxygen atoms in total. The van der Waals surface area contributed by atoms with E-state index < -0.39 is 0 Å². The van der Waals surface area contributed by atoms with E-state index in [1.807, 2.05) is 28.9 Å². The minimum Gasteiger partial charge on any atom is -0.312 e. The fourth-order valence-electron chi connectivity index (χ4n) is 3.53. The molecule has 2 aromatic rings. The Bertz CT molecular complexity index is 677. The van der Waals surface area contributed by atoms with E-state index in [1.54, 1.807) is 0 Å². The molecule has 5 heteroatoms. The maximum atomic E-state index is 5.98. The van der Waals surface area contributed by atoms with Gasteiger partial charge in [0.1, 0.15) is 0 Å². The van der Waals surface area contributed by atoms with Crippen LogP contribution in [0.3, 0.4) is 0 Å². The molecule has 1 aromatic carbocycles. The van der Waals surface area contributed by atoms with Crippen LogP contribution < -0.4 is 5.32 Å². The van der Waals surface area contributed by atoms with Crippen LogP contribution in [-0.4, -0.2) is 40.9 Å². The first-order valence-corrected chi connectivity index (χ1v) is 9.20. The number of aromatic nitrogens is 2.